The first kappa shape index (κ1) is 20.1. The lowest BCUT2D eigenvalue weighted by atomic mass is 10.1. The molecule has 1 fully saturated rings. The SMILES string of the molecule is CN=C(NCc1ccc(C)cc1SC)NCC(C)N1CCN(C)CC1. The first-order valence-electron chi connectivity index (χ1n) is 9.04. The molecule has 0 aromatic heterocycles. The van der Waals surface area contributed by atoms with Crippen molar-refractivity contribution < 1.29 is 0 Å². The number of thioether (sulfide) groups is 1. The van der Waals surface area contributed by atoms with Crippen molar-refractivity contribution in [2.45, 2.75) is 31.3 Å². The van der Waals surface area contributed by atoms with Crippen LogP contribution in [0.2, 0.25) is 0 Å². The number of benzene rings is 1. The molecule has 0 spiro atoms. The van der Waals surface area contributed by atoms with E-state index in [2.05, 4.69) is 70.8 Å². The van der Waals surface area contributed by atoms with E-state index in [0.717, 1.165) is 45.2 Å². The molecule has 1 aliphatic heterocycles. The topological polar surface area (TPSA) is 42.9 Å². The molecule has 2 N–H and O–H groups in total. The van der Waals surface area contributed by atoms with Crippen LogP contribution in [0.25, 0.3) is 0 Å². The van der Waals surface area contributed by atoms with Gasteiger partial charge in [-0.2, -0.15) is 0 Å². The van der Waals surface area contributed by atoms with Crippen molar-refractivity contribution in [2.75, 3.05) is 53.1 Å². The first-order chi connectivity index (χ1) is 12.0. The Balaban J connectivity index is 1.81. The fourth-order valence-corrected chi connectivity index (χ4v) is 3.74. The fourth-order valence-electron chi connectivity index (χ4n) is 3.03. The molecule has 1 saturated heterocycles. The molecule has 5 nitrogen and oxygen atoms in total. The van der Waals surface area contributed by atoms with Gasteiger partial charge in [0.05, 0.1) is 0 Å². The number of hydrogen-bond donors (Lipinski definition) is 2. The third kappa shape index (κ3) is 6.20. The Morgan fingerprint density at radius 3 is 2.60 bits per heavy atom. The van der Waals surface area contributed by atoms with Gasteiger partial charge in [-0.05, 0) is 44.3 Å². The molecule has 2 rings (SSSR count). The van der Waals surface area contributed by atoms with Crippen molar-refractivity contribution >= 4 is 17.7 Å². The third-order valence-electron chi connectivity index (χ3n) is 4.84. The summed E-state index contributed by atoms with van der Waals surface area (Å²) < 4.78 is 0. The molecule has 1 atom stereocenters. The van der Waals surface area contributed by atoms with Gasteiger partial charge < -0.3 is 15.5 Å². The largest absolute Gasteiger partial charge is 0.355 e. The van der Waals surface area contributed by atoms with Gasteiger partial charge in [-0.25, -0.2) is 0 Å². The van der Waals surface area contributed by atoms with Crippen LogP contribution in [0.5, 0.6) is 0 Å². The van der Waals surface area contributed by atoms with Gasteiger partial charge in [0.25, 0.3) is 0 Å². The van der Waals surface area contributed by atoms with Crippen LogP contribution in [0.3, 0.4) is 0 Å². The van der Waals surface area contributed by atoms with E-state index in [4.69, 9.17) is 0 Å². The molecule has 0 radical (unpaired) electrons. The molecule has 0 bridgehead atoms. The molecular formula is C19H33N5S. The van der Waals surface area contributed by atoms with Gasteiger partial charge in [0.1, 0.15) is 0 Å². The summed E-state index contributed by atoms with van der Waals surface area (Å²) in [5, 5.41) is 6.92. The Labute approximate surface area is 157 Å². The van der Waals surface area contributed by atoms with Crippen LogP contribution in [0.1, 0.15) is 18.1 Å². The Kier molecular flexibility index (Phi) is 8.06. The second-order valence-electron chi connectivity index (χ2n) is 6.81. The van der Waals surface area contributed by atoms with Crippen LogP contribution >= 0.6 is 11.8 Å². The van der Waals surface area contributed by atoms with Crippen LogP contribution in [0.4, 0.5) is 0 Å². The Morgan fingerprint density at radius 1 is 1.24 bits per heavy atom. The second kappa shape index (κ2) is 10.0. The van der Waals surface area contributed by atoms with Gasteiger partial charge in [-0.3, -0.25) is 9.89 Å². The Bertz CT molecular complexity index is 567. The molecule has 1 unspecified atom stereocenters. The number of aliphatic imine (C=N–C) groups is 1. The predicted octanol–water partition coefficient (Wildman–Crippen LogP) is 2.02. The minimum atomic E-state index is 0.508. The number of nitrogens with zero attached hydrogens (tertiary/aromatic N) is 3. The zero-order valence-electron chi connectivity index (χ0n) is 16.3. The highest BCUT2D eigenvalue weighted by molar-refractivity contribution is 7.98. The smallest absolute Gasteiger partial charge is 0.191 e. The molecule has 1 aromatic carbocycles. The summed E-state index contributed by atoms with van der Waals surface area (Å²) in [6.45, 7) is 10.7. The number of hydrogen-bond acceptors (Lipinski definition) is 4. The van der Waals surface area contributed by atoms with Gasteiger partial charge in [0.2, 0.25) is 0 Å². The molecule has 0 amide bonds. The highest BCUT2D eigenvalue weighted by atomic mass is 32.2. The van der Waals surface area contributed by atoms with Crippen molar-refractivity contribution in [3.8, 4) is 0 Å². The van der Waals surface area contributed by atoms with Crippen LogP contribution in [-0.4, -0.2) is 74.9 Å². The van der Waals surface area contributed by atoms with Crippen molar-refractivity contribution in [2.24, 2.45) is 4.99 Å². The van der Waals surface area contributed by atoms with Crippen LogP contribution < -0.4 is 10.6 Å². The number of piperazine rings is 1. The van der Waals surface area contributed by atoms with Gasteiger partial charge in [0.15, 0.2) is 5.96 Å². The van der Waals surface area contributed by atoms with E-state index in [1.807, 2.05) is 7.05 Å². The summed E-state index contributed by atoms with van der Waals surface area (Å²) in [5.41, 5.74) is 2.62. The summed E-state index contributed by atoms with van der Waals surface area (Å²) in [4.78, 5) is 10.6. The van der Waals surface area contributed by atoms with E-state index in [0.29, 0.717) is 6.04 Å². The zero-order chi connectivity index (χ0) is 18.2. The summed E-state index contributed by atoms with van der Waals surface area (Å²) in [7, 11) is 4.03. The van der Waals surface area contributed by atoms with Crippen molar-refractivity contribution in [1.29, 1.82) is 0 Å². The highest BCUT2D eigenvalue weighted by Gasteiger charge is 2.19. The fraction of sp³-hybridized carbons (Fsp3) is 0.632. The normalized spacial score (nSPS) is 18.2. The lowest BCUT2D eigenvalue weighted by molar-refractivity contribution is 0.120. The Hall–Kier alpha value is -1.24. The van der Waals surface area contributed by atoms with Crippen LogP contribution in [0, 0.1) is 6.92 Å². The standard InChI is InChI=1S/C19H33N5S/c1-15-6-7-17(18(12-15)25-5)14-22-19(20-3)21-13-16(2)24-10-8-23(4)9-11-24/h6-7,12,16H,8-11,13-14H2,1-5H3,(H2,20,21,22). The minimum absolute atomic E-state index is 0.508. The van der Waals surface area contributed by atoms with Crippen LogP contribution in [-0.2, 0) is 6.54 Å². The number of likely N-dealkylation sites (N-methyl/N-ethyl adjacent to an activating group) is 1. The van der Waals surface area contributed by atoms with E-state index in [1.165, 1.54) is 16.0 Å². The van der Waals surface area contributed by atoms with Crippen molar-refractivity contribution in [3.05, 3.63) is 29.3 Å². The lowest BCUT2D eigenvalue weighted by Crippen LogP contribution is -2.52. The minimum Gasteiger partial charge on any atom is -0.355 e. The molecule has 1 aliphatic rings. The van der Waals surface area contributed by atoms with E-state index in [1.54, 1.807) is 11.8 Å². The molecule has 25 heavy (non-hydrogen) atoms. The zero-order valence-corrected chi connectivity index (χ0v) is 17.1. The number of nitrogens with one attached hydrogen (secondary N) is 2. The maximum atomic E-state index is 4.37. The molecule has 0 aliphatic carbocycles. The molecule has 0 saturated carbocycles. The second-order valence-corrected chi connectivity index (χ2v) is 7.66. The predicted molar refractivity (Wildman–Crippen MR) is 110 cm³/mol. The number of guanidine groups is 1. The summed E-state index contributed by atoms with van der Waals surface area (Å²) >= 11 is 1.80. The quantitative estimate of drug-likeness (QED) is 0.460. The average molecular weight is 364 g/mol. The van der Waals surface area contributed by atoms with E-state index in [-0.39, 0.29) is 0 Å². The summed E-state index contributed by atoms with van der Waals surface area (Å²) in [6.07, 6.45) is 2.13. The highest BCUT2D eigenvalue weighted by Crippen LogP contribution is 2.21. The first-order valence-corrected chi connectivity index (χ1v) is 10.3. The average Bonchev–Trinajstić information content (AvgIpc) is 2.63. The molecule has 1 heterocycles. The van der Waals surface area contributed by atoms with Gasteiger partial charge in [-0.15, -0.1) is 11.8 Å². The van der Waals surface area contributed by atoms with Crippen molar-refractivity contribution in [1.82, 2.24) is 20.4 Å². The van der Waals surface area contributed by atoms with Crippen molar-refractivity contribution in [3.63, 3.8) is 0 Å². The van der Waals surface area contributed by atoms with Crippen LogP contribution in [0.15, 0.2) is 28.1 Å². The monoisotopic (exact) mass is 363 g/mol. The molecule has 1 aromatic rings. The van der Waals surface area contributed by atoms with Gasteiger partial charge >= 0.3 is 0 Å². The molecular weight excluding hydrogens is 330 g/mol. The van der Waals surface area contributed by atoms with Gasteiger partial charge in [0, 0.05) is 57.3 Å². The van der Waals surface area contributed by atoms with E-state index in [9.17, 15) is 0 Å². The van der Waals surface area contributed by atoms with E-state index < -0.39 is 0 Å². The third-order valence-corrected chi connectivity index (χ3v) is 5.66. The number of rotatable bonds is 6. The summed E-state index contributed by atoms with van der Waals surface area (Å²) in [6, 6.07) is 7.12. The Morgan fingerprint density at radius 2 is 1.96 bits per heavy atom. The molecule has 6 heteroatoms. The van der Waals surface area contributed by atoms with E-state index >= 15 is 0 Å². The summed E-state index contributed by atoms with van der Waals surface area (Å²) in [5.74, 6) is 0.869. The molecule has 140 valence electrons. The lowest BCUT2D eigenvalue weighted by Gasteiger charge is -2.36. The van der Waals surface area contributed by atoms with Gasteiger partial charge in [-0.1, -0.05) is 12.1 Å². The maximum absolute atomic E-state index is 4.37. The number of aryl methyl sites for hydroxylation is 1. The maximum Gasteiger partial charge on any atom is 0.191 e.